The Balaban J connectivity index is 1.98. The Labute approximate surface area is 155 Å². The summed E-state index contributed by atoms with van der Waals surface area (Å²) in [6, 6.07) is 7.48. The second-order valence-electron chi connectivity index (χ2n) is 8.35. The topological polar surface area (TPSA) is 67.9 Å². The first kappa shape index (κ1) is 20.1. The lowest BCUT2D eigenvalue weighted by Gasteiger charge is -2.46. The van der Waals surface area contributed by atoms with Gasteiger partial charge in [-0.2, -0.15) is 0 Å². The lowest BCUT2D eigenvalue weighted by molar-refractivity contribution is -0.00788. The van der Waals surface area contributed by atoms with E-state index in [0.29, 0.717) is 12.1 Å². The van der Waals surface area contributed by atoms with E-state index in [-0.39, 0.29) is 23.6 Å². The summed E-state index contributed by atoms with van der Waals surface area (Å²) in [7, 11) is 1.37. The minimum atomic E-state index is -0.496. The molecule has 6 heteroatoms. The van der Waals surface area contributed by atoms with Crippen molar-refractivity contribution in [2.45, 2.75) is 64.6 Å². The van der Waals surface area contributed by atoms with Crippen molar-refractivity contribution in [3.8, 4) is 0 Å². The van der Waals surface area contributed by atoms with Crippen LogP contribution < -0.4 is 5.32 Å². The molecule has 2 rings (SSSR count). The first-order chi connectivity index (χ1) is 12.0. The van der Waals surface area contributed by atoms with Crippen LogP contribution >= 0.6 is 0 Å². The first-order valence-electron chi connectivity index (χ1n) is 8.97. The van der Waals surface area contributed by atoms with Gasteiger partial charge in [-0.15, -0.1) is 0 Å². The van der Waals surface area contributed by atoms with Gasteiger partial charge in [-0.25, -0.2) is 9.59 Å². The van der Waals surface area contributed by atoms with Gasteiger partial charge < -0.3 is 19.7 Å². The summed E-state index contributed by atoms with van der Waals surface area (Å²) in [5.41, 5.74) is 0.677. The van der Waals surface area contributed by atoms with E-state index in [1.54, 1.807) is 12.1 Å². The highest BCUT2D eigenvalue weighted by Gasteiger charge is 2.39. The minimum absolute atomic E-state index is 0.243. The molecule has 0 bridgehead atoms. The maximum absolute atomic E-state index is 12.5. The second-order valence-corrected chi connectivity index (χ2v) is 8.35. The molecule has 1 aromatic carbocycles. The van der Waals surface area contributed by atoms with E-state index < -0.39 is 5.60 Å². The number of amides is 1. The van der Waals surface area contributed by atoms with Gasteiger partial charge in [0, 0.05) is 23.8 Å². The zero-order chi connectivity index (χ0) is 19.5. The molecule has 1 N–H and O–H groups in total. The number of piperidine rings is 1. The number of anilines is 1. The molecule has 1 aliphatic heterocycles. The van der Waals surface area contributed by atoms with Crippen LogP contribution in [-0.2, 0) is 9.47 Å². The van der Waals surface area contributed by atoms with Crippen molar-refractivity contribution in [3.05, 3.63) is 29.8 Å². The number of rotatable bonds is 3. The van der Waals surface area contributed by atoms with Crippen molar-refractivity contribution < 1.29 is 19.1 Å². The van der Waals surface area contributed by atoms with Crippen molar-refractivity contribution in [2.24, 2.45) is 0 Å². The lowest BCUT2D eigenvalue weighted by atomic mass is 9.87. The van der Waals surface area contributed by atoms with E-state index in [1.807, 2.05) is 37.8 Å². The van der Waals surface area contributed by atoms with Crippen molar-refractivity contribution in [2.75, 3.05) is 19.0 Å². The molecule has 0 saturated carbocycles. The van der Waals surface area contributed by atoms with Crippen LogP contribution in [0.15, 0.2) is 24.3 Å². The minimum Gasteiger partial charge on any atom is -0.465 e. The number of likely N-dealkylation sites (tertiary alicyclic amines) is 1. The molecular weight excluding hydrogens is 332 g/mol. The number of nitrogens with one attached hydrogen (secondary N) is 1. The number of nitrogens with zero attached hydrogens (tertiary/aromatic N) is 1. The van der Waals surface area contributed by atoms with E-state index in [0.717, 1.165) is 18.5 Å². The summed E-state index contributed by atoms with van der Waals surface area (Å²) in [6.07, 6.45) is 1.38. The van der Waals surface area contributed by atoms with Crippen LogP contribution in [0.5, 0.6) is 0 Å². The fraction of sp³-hybridized carbons (Fsp3) is 0.600. The molecule has 0 aromatic heterocycles. The number of benzene rings is 1. The number of carbonyl (C=O) groups is 2. The van der Waals surface area contributed by atoms with Crippen LogP contribution in [0.3, 0.4) is 0 Å². The molecular formula is C20H30N2O4. The van der Waals surface area contributed by atoms with Crippen LogP contribution in [0.2, 0.25) is 0 Å². The Morgan fingerprint density at radius 1 is 1.19 bits per heavy atom. The molecule has 1 aromatic rings. The van der Waals surface area contributed by atoms with Gasteiger partial charge in [0.15, 0.2) is 0 Å². The predicted molar refractivity (Wildman–Crippen MR) is 101 cm³/mol. The van der Waals surface area contributed by atoms with E-state index >= 15 is 0 Å². The van der Waals surface area contributed by atoms with Crippen LogP contribution in [0.4, 0.5) is 10.5 Å². The van der Waals surface area contributed by atoms with Gasteiger partial charge >= 0.3 is 12.1 Å². The summed E-state index contributed by atoms with van der Waals surface area (Å²) in [5, 5.41) is 3.50. The van der Waals surface area contributed by atoms with E-state index in [2.05, 4.69) is 19.2 Å². The van der Waals surface area contributed by atoms with Crippen molar-refractivity contribution in [3.63, 3.8) is 0 Å². The summed E-state index contributed by atoms with van der Waals surface area (Å²) in [5.74, 6) is -0.344. The third-order valence-corrected chi connectivity index (χ3v) is 4.47. The number of methoxy groups -OCH3 is 1. The maximum atomic E-state index is 12.5. The summed E-state index contributed by atoms with van der Waals surface area (Å²) < 4.78 is 10.2. The smallest absolute Gasteiger partial charge is 0.410 e. The molecule has 1 heterocycles. The first-order valence-corrected chi connectivity index (χ1v) is 8.97. The number of hydrogen-bond donors (Lipinski definition) is 1. The Morgan fingerprint density at radius 3 is 2.31 bits per heavy atom. The second kappa shape index (κ2) is 7.56. The van der Waals surface area contributed by atoms with Gasteiger partial charge in [0.25, 0.3) is 0 Å². The normalized spacial score (nSPS) is 19.6. The third-order valence-electron chi connectivity index (χ3n) is 4.47. The van der Waals surface area contributed by atoms with Gasteiger partial charge in [0.2, 0.25) is 0 Å². The molecule has 26 heavy (non-hydrogen) atoms. The number of carbonyl (C=O) groups excluding carboxylic acids is 2. The molecule has 1 fully saturated rings. The number of hydrogen-bond acceptors (Lipinski definition) is 5. The molecule has 0 radical (unpaired) electrons. The third kappa shape index (κ3) is 5.13. The van der Waals surface area contributed by atoms with Crippen molar-refractivity contribution in [1.29, 1.82) is 0 Å². The fourth-order valence-electron chi connectivity index (χ4n) is 3.24. The number of esters is 1. The summed E-state index contributed by atoms with van der Waals surface area (Å²) >= 11 is 0. The van der Waals surface area contributed by atoms with Gasteiger partial charge in [0.1, 0.15) is 5.60 Å². The average Bonchev–Trinajstić information content (AvgIpc) is 2.52. The van der Waals surface area contributed by atoms with Crippen molar-refractivity contribution in [1.82, 2.24) is 4.90 Å². The van der Waals surface area contributed by atoms with Gasteiger partial charge in [0.05, 0.1) is 12.7 Å². The van der Waals surface area contributed by atoms with Crippen molar-refractivity contribution >= 4 is 17.7 Å². The lowest BCUT2D eigenvalue weighted by Crippen LogP contribution is -2.56. The van der Waals surface area contributed by atoms with Gasteiger partial charge in [-0.1, -0.05) is 0 Å². The molecule has 144 valence electrons. The van der Waals surface area contributed by atoms with E-state index in [9.17, 15) is 9.59 Å². The Bertz CT molecular complexity index is 647. The quantitative estimate of drug-likeness (QED) is 0.821. The zero-order valence-electron chi connectivity index (χ0n) is 16.6. The molecule has 1 saturated heterocycles. The van der Waals surface area contributed by atoms with Crippen LogP contribution in [0.25, 0.3) is 0 Å². The summed E-state index contributed by atoms with van der Waals surface area (Å²) in [4.78, 5) is 25.8. The molecule has 1 aliphatic rings. The highest BCUT2D eigenvalue weighted by Crippen LogP contribution is 2.31. The zero-order valence-corrected chi connectivity index (χ0v) is 16.6. The van der Waals surface area contributed by atoms with Crippen LogP contribution in [0, 0.1) is 0 Å². The highest BCUT2D eigenvalue weighted by atomic mass is 16.6. The molecule has 1 amide bonds. The fourth-order valence-corrected chi connectivity index (χ4v) is 3.24. The Hall–Kier alpha value is -2.24. The molecule has 1 unspecified atom stereocenters. The Morgan fingerprint density at radius 2 is 1.81 bits per heavy atom. The largest absolute Gasteiger partial charge is 0.465 e. The van der Waals surface area contributed by atoms with Crippen LogP contribution in [-0.4, -0.2) is 47.8 Å². The monoisotopic (exact) mass is 362 g/mol. The average molecular weight is 362 g/mol. The molecule has 0 spiro atoms. The van der Waals surface area contributed by atoms with Gasteiger partial charge in [-0.3, -0.25) is 0 Å². The SMILES string of the molecule is COC(=O)c1ccc(NC2CCN(C(=O)OC(C)(C)C)C(C)(C)C2)cc1. The standard InChI is InChI=1S/C20H30N2O4/c1-19(2,3)26-18(24)22-12-11-16(13-20(22,4)5)21-15-9-7-14(8-10-15)17(23)25-6/h7-10,16,21H,11-13H2,1-6H3. The highest BCUT2D eigenvalue weighted by molar-refractivity contribution is 5.89. The Kier molecular flexibility index (Phi) is 5.84. The number of ether oxygens (including phenoxy) is 2. The van der Waals surface area contributed by atoms with Crippen LogP contribution in [0.1, 0.15) is 57.8 Å². The predicted octanol–water partition coefficient (Wildman–Crippen LogP) is 4.06. The molecule has 6 nitrogen and oxygen atoms in total. The van der Waals surface area contributed by atoms with E-state index in [4.69, 9.17) is 9.47 Å². The summed E-state index contributed by atoms with van der Waals surface area (Å²) in [6.45, 7) is 10.4. The van der Waals surface area contributed by atoms with E-state index in [1.165, 1.54) is 7.11 Å². The molecule has 1 atom stereocenters. The van der Waals surface area contributed by atoms with Gasteiger partial charge in [-0.05, 0) is 71.7 Å². The molecule has 0 aliphatic carbocycles. The maximum Gasteiger partial charge on any atom is 0.410 e.